The van der Waals surface area contributed by atoms with Crippen molar-refractivity contribution in [3.63, 3.8) is 0 Å². The van der Waals surface area contributed by atoms with Gasteiger partial charge in [-0.3, -0.25) is 9.36 Å². The average Bonchev–Trinajstić information content (AvgIpc) is 3.49. The number of thiazole rings is 1. The first-order valence-corrected chi connectivity index (χ1v) is 15.7. The van der Waals surface area contributed by atoms with Gasteiger partial charge >= 0.3 is 5.97 Å². The van der Waals surface area contributed by atoms with Crippen molar-refractivity contribution in [2.45, 2.75) is 40.3 Å². The maximum Gasteiger partial charge on any atom is 0.338 e. The number of rotatable bonds is 8. The zero-order valence-electron chi connectivity index (χ0n) is 25.5. The van der Waals surface area contributed by atoms with E-state index in [1.807, 2.05) is 86.7 Å². The summed E-state index contributed by atoms with van der Waals surface area (Å²) in [5.41, 5.74) is 5.83. The van der Waals surface area contributed by atoms with Crippen molar-refractivity contribution in [2.24, 2.45) is 4.99 Å². The number of nitriles is 1. The van der Waals surface area contributed by atoms with Crippen LogP contribution in [0.2, 0.25) is 0 Å². The number of hydrogen-bond acceptors (Lipinski definition) is 7. The van der Waals surface area contributed by atoms with E-state index in [-0.39, 0.29) is 12.2 Å². The number of nitrogens with zero attached hydrogens (tertiary/aromatic N) is 4. The molecule has 0 saturated carbocycles. The molecule has 0 radical (unpaired) electrons. The van der Waals surface area contributed by atoms with Crippen molar-refractivity contribution < 1.29 is 14.3 Å². The summed E-state index contributed by atoms with van der Waals surface area (Å²) in [6.07, 6.45) is 1.92. The highest BCUT2D eigenvalue weighted by molar-refractivity contribution is 7.07. The molecule has 45 heavy (non-hydrogen) atoms. The predicted molar refractivity (Wildman–Crippen MR) is 175 cm³/mol. The molecule has 1 atom stereocenters. The Kier molecular flexibility index (Phi) is 8.24. The molecule has 0 aliphatic carbocycles. The number of ether oxygens (including phenoxy) is 2. The quantitative estimate of drug-likeness (QED) is 0.218. The normalized spacial score (nSPS) is 14.6. The fourth-order valence-electron chi connectivity index (χ4n) is 5.93. The van der Waals surface area contributed by atoms with E-state index in [0.29, 0.717) is 45.1 Å². The maximum atomic E-state index is 14.3. The summed E-state index contributed by atoms with van der Waals surface area (Å²) in [4.78, 5) is 32.8. The number of para-hydroxylation sites is 1. The Hall–Kier alpha value is -5.20. The topological polar surface area (TPSA) is 98.6 Å². The van der Waals surface area contributed by atoms with Gasteiger partial charge in [0.25, 0.3) is 5.56 Å². The molecular formula is C36H32N4O4S. The Labute approximate surface area is 264 Å². The Morgan fingerprint density at radius 3 is 2.49 bits per heavy atom. The lowest BCUT2D eigenvalue weighted by Crippen LogP contribution is -2.39. The Morgan fingerprint density at radius 1 is 1.02 bits per heavy atom. The van der Waals surface area contributed by atoms with Gasteiger partial charge in [-0.1, -0.05) is 59.9 Å². The monoisotopic (exact) mass is 616 g/mol. The predicted octanol–water partition coefficient (Wildman–Crippen LogP) is 5.38. The van der Waals surface area contributed by atoms with Gasteiger partial charge in [-0.05, 0) is 69.2 Å². The molecule has 226 valence electrons. The van der Waals surface area contributed by atoms with Crippen LogP contribution in [0, 0.1) is 18.3 Å². The van der Waals surface area contributed by atoms with Crippen LogP contribution in [-0.2, 0) is 16.1 Å². The second-order valence-electron chi connectivity index (χ2n) is 10.7. The van der Waals surface area contributed by atoms with Gasteiger partial charge in [0.2, 0.25) is 0 Å². The van der Waals surface area contributed by atoms with Gasteiger partial charge in [0.05, 0.1) is 46.7 Å². The summed E-state index contributed by atoms with van der Waals surface area (Å²) < 4.78 is 15.4. The molecule has 6 rings (SSSR count). The molecule has 9 heteroatoms. The van der Waals surface area contributed by atoms with Gasteiger partial charge in [0, 0.05) is 28.7 Å². The van der Waals surface area contributed by atoms with Crippen LogP contribution in [0.25, 0.3) is 17.0 Å². The number of allylic oxidation sites excluding steroid dienone is 1. The smallest absolute Gasteiger partial charge is 0.338 e. The third-order valence-electron chi connectivity index (χ3n) is 8.05. The SMILES string of the molecule is CCOC(=O)C1=C(C)N=c2s/c(=C\c3c(C)n(Cc4ccccc4C#N)c4ccccc34)c(=O)n2[C@@H]1c1ccc(OCC)cc1. The largest absolute Gasteiger partial charge is 0.494 e. The summed E-state index contributed by atoms with van der Waals surface area (Å²) in [5.74, 6) is 0.208. The molecule has 0 fully saturated rings. The first-order chi connectivity index (χ1) is 21.9. The van der Waals surface area contributed by atoms with Gasteiger partial charge in [0.15, 0.2) is 4.80 Å². The molecule has 8 nitrogen and oxygen atoms in total. The first-order valence-electron chi connectivity index (χ1n) is 14.8. The molecule has 1 aliphatic heterocycles. The van der Waals surface area contributed by atoms with Crippen LogP contribution in [-0.4, -0.2) is 28.3 Å². The van der Waals surface area contributed by atoms with Crippen LogP contribution in [0.1, 0.15) is 54.8 Å². The molecule has 0 spiro atoms. The summed E-state index contributed by atoms with van der Waals surface area (Å²) in [6.45, 7) is 8.74. The lowest BCUT2D eigenvalue weighted by molar-refractivity contribution is -0.139. The third-order valence-corrected chi connectivity index (χ3v) is 9.03. The van der Waals surface area contributed by atoms with Gasteiger partial charge in [0.1, 0.15) is 5.75 Å². The fourth-order valence-corrected chi connectivity index (χ4v) is 6.96. The molecular weight excluding hydrogens is 584 g/mol. The highest BCUT2D eigenvalue weighted by Crippen LogP contribution is 2.32. The minimum absolute atomic E-state index is 0.207. The minimum atomic E-state index is -0.706. The number of carbonyl (C=O) groups is 1. The molecule has 1 aliphatic rings. The van der Waals surface area contributed by atoms with Crippen molar-refractivity contribution in [1.29, 1.82) is 5.26 Å². The van der Waals surface area contributed by atoms with Crippen LogP contribution >= 0.6 is 11.3 Å². The van der Waals surface area contributed by atoms with Gasteiger partial charge in [-0.15, -0.1) is 0 Å². The van der Waals surface area contributed by atoms with Crippen molar-refractivity contribution >= 4 is 34.3 Å². The number of esters is 1. The van der Waals surface area contributed by atoms with Gasteiger partial charge in [-0.2, -0.15) is 5.26 Å². The summed E-state index contributed by atoms with van der Waals surface area (Å²) in [6, 6.07) is 24.7. The Balaban J connectivity index is 1.53. The van der Waals surface area contributed by atoms with Crippen molar-refractivity contribution in [3.05, 3.63) is 132 Å². The van der Waals surface area contributed by atoms with E-state index in [1.54, 1.807) is 18.4 Å². The maximum absolute atomic E-state index is 14.3. The second kappa shape index (κ2) is 12.4. The van der Waals surface area contributed by atoms with Crippen LogP contribution in [0.3, 0.4) is 0 Å². The van der Waals surface area contributed by atoms with E-state index in [0.717, 1.165) is 33.3 Å². The van der Waals surface area contributed by atoms with Crippen molar-refractivity contribution in [1.82, 2.24) is 9.13 Å². The highest BCUT2D eigenvalue weighted by atomic mass is 32.1. The van der Waals surface area contributed by atoms with E-state index >= 15 is 0 Å². The van der Waals surface area contributed by atoms with Gasteiger partial charge in [-0.25, -0.2) is 9.79 Å². The number of benzene rings is 3. The standard InChI is InChI=1S/C36H32N4O4S/c1-5-43-27-17-15-24(16-18-27)33-32(35(42)44-6-2)22(3)38-36-40(33)34(41)31(45-36)19-29-23(4)39(30-14-10-9-13-28(29)30)21-26-12-8-7-11-25(26)20-37/h7-19,33H,5-6,21H2,1-4H3/b31-19-/t33-/m1/s1. The summed E-state index contributed by atoms with van der Waals surface area (Å²) in [7, 11) is 0. The molecule has 0 N–H and O–H groups in total. The number of fused-ring (bicyclic) bond motifs is 2. The number of aromatic nitrogens is 2. The molecule has 2 aromatic heterocycles. The average molecular weight is 617 g/mol. The second-order valence-corrected chi connectivity index (χ2v) is 11.7. The van der Waals surface area contributed by atoms with Crippen LogP contribution in [0.5, 0.6) is 5.75 Å². The van der Waals surface area contributed by atoms with Crippen molar-refractivity contribution in [3.8, 4) is 11.8 Å². The molecule has 0 amide bonds. The lowest BCUT2D eigenvalue weighted by Gasteiger charge is -2.24. The summed E-state index contributed by atoms with van der Waals surface area (Å²) >= 11 is 1.30. The lowest BCUT2D eigenvalue weighted by atomic mass is 9.96. The Bertz CT molecular complexity index is 2200. The number of hydrogen-bond donors (Lipinski definition) is 0. The molecule has 0 unspecified atom stereocenters. The molecule has 3 aromatic carbocycles. The van der Waals surface area contributed by atoms with E-state index < -0.39 is 12.0 Å². The van der Waals surface area contributed by atoms with E-state index in [1.165, 1.54) is 11.3 Å². The number of carbonyl (C=O) groups excluding carboxylic acids is 1. The molecule has 0 bridgehead atoms. The van der Waals surface area contributed by atoms with E-state index in [4.69, 9.17) is 14.5 Å². The zero-order valence-corrected chi connectivity index (χ0v) is 26.4. The van der Waals surface area contributed by atoms with E-state index in [2.05, 4.69) is 16.7 Å². The van der Waals surface area contributed by atoms with Crippen LogP contribution < -0.4 is 19.6 Å². The highest BCUT2D eigenvalue weighted by Gasteiger charge is 2.33. The third kappa shape index (κ3) is 5.38. The van der Waals surface area contributed by atoms with Crippen molar-refractivity contribution in [2.75, 3.05) is 13.2 Å². The van der Waals surface area contributed by atoms with Gasteiger partial charge < -0.3 is 14.0 Å². The minimum Gasteiger partial charge on any atom is -0.494 e. The zero-order chi connectivity index (χ0) is 31.7. The van der Waals surface area contributed by atoms with Crippen LogP contribution in [0.15, 0.2) is 93.9 Å². The molecule has 3 heterocycles. The van der Waals surface area contributed by atoms with Crippen LogP contribution in [0.4, 0.5) is 0 Å². The first kappa shape index (κ1) is 29.9. The molecule has 0 saturated heterocycles. The molecule has 5 aromatic rings. The Morgan fingerprint density at radius 2 is 1.76 bits per heavy atom. The van der Waals surface area contributed by atoms with E-state index in [9.17, 15) is 14.9 Å². The summed E-state index contributed by atoms with van der Waals surface area (Å²) in [5, 5.41) is 10.7. The fraction of sp³-hybridized carbons (Fsp3) is 0.222.